The highest BCUT2D eigenvalue weighted by Gasteiger charge is 2.26. The summed E-state index contributed by atoms with van der Waals surface area (Å²) in [6, 6.07) is 1.21. The van der Waals surface area contributed by atoms with E-state index < -0.39 is 16.4 Å². The minimum Gasteiger partial charge on any atom is -0.394 e. The number of hydrogen-bond donors (Lipinski definition) is 2. The monoisotopic (exact) mass is 255 g/mol. The molecule has 1 amide bonds. The molecule has 1 aromatic rings. The number of rotatable bonds is 5. The Bertz CT molecular complexity index is 463. The van der Waals surface area contributed by atoms with E-state index in [9.17, 15) is 20.0 Å². The summed E-state index contributed by atoms with van der Waals surface area (Å²) in [5.41, 5.74) is -0.671. The lowest BCUT2D eigenvalue weighted by molar-refractivity contribution is -0.384. The van der Waals surface area contributed by atoms with E-state index in [0.29, 0.717) is 6.42 Å². The van der Waals surface area contributed by atoms with E-state index in [1.165, 1.54) is 16.8 Å². The van der Waals surface area contributed by atoms with Gasteiger partial charge in [-0.15, -0.1) is 0 Å². The van der Waals surface area contributed by atoms with Crippen LogP contribution in [0.3, 0.4) is 0 Å². The summed E-state index contributed by atoms with van der Waals surface area (Å²) in [4.78, 5) is 22.0. The Kier molecular flexibility index (Phi) is 4.07. The molecule has 0 saturated carbocycles. The predicted molar refractivity (Wildman–Crippen MR) is 65.3 cm³/mol. The van der Waals surface area contributed by atoms with Gasteiger partial charge in [0.1, 0.15) is 5.69 Å². The molecule has 0 aromatic carbocycles. The van der Waals surface area contributed by atoms with Crippen molar-refractivity contribution >= 4 is 11.6 Å². The van der Waals surface area contributed by atoms with Gasteiger partial charge in [-0.1, -0.05) is 6.92 Å². The first-order valence-electron chi connectivity index (χ1n) is 5.57. The molecule has 0 spiro atoms. The molecule has 0 saturated heterocycles. The molecule has 18 heavy (non-hydrogen) atoms. The highest BCUT2D eigenvalue weighted by molar-refractivity contribution is 5.94. The van der Waals surface area contributed by atoms with E-state index in [4.69, 9.17) is 0 Å². The molecule has 7 nitrogen and oxygen atoms in total. The van der Waals surface area contributed by atoms with Gasteiger partial charge in [-0.3, -0.25) is 14.9 Å². The fourth-order valence-corrected chi connectivity index (χ4v) is 1.45. The van der Waals surface area contributed by atoms with Gasteiger partial charge in [0.15, 0.2) is 0 Å². The molecule has 2 N–H and O–H groups in total. The van der Waals surface area contributed by atoms with Gasteiger partial charge in [-0.05, 0) is 13.3 Å². The first-order chi connectivity index (χ1) is 8.33. The second-order valence-corrected chi connectivity index (χ2v) is 4.48. The highest BCUT2D eigenvalue weighted by atomic mass is 16.6. The molecule has 100 valence electrons. The summed E-state index contributed by atoms with van der Waals surface area (Å²) in [6.07, 6.45) is 1.83. The number of nitro groups is 1. The number of hydrogen-bond acceptors (Lipinski definition) is 4. The van der Waals surface area contributed by atoms with Gasteiger partial charge in [0.2, 0.25) is 0 Å². The van der Waals surface area contributed by atoms with Crippen LogP contribution in [0.25, 0.3) is 0 Å². The van der Waals surface area contributed by atoms with Crippen molar-refractivity contribution in [3.63, 3.8) is 0 Å². The van der Waals surface area contributed by atoms with Crippen LogP contribution >= 0.6 is 0 Å². The number of nitrogens with zero attached hydrogens (tertiary/aromatic N) is 2. The fourth-order valence-electron chi connectivity index (χ4n) is 1.45. The quantitative estimate of drug-likeness (QED) is 0.601. The second-order valence-electron chi connectivity index (χ2n) is 4.48. The van der Waals surface area contributed by atoms with Gasteiger partial charge in [0.05, 0.1) is 23.3 Å². The van der Waals surface area contributed by atoms with Gasteiger partial charge in [0.25, 0.3) is 11.6 Å². The minimum absolute atomic E-state index is 0.134. The van der Waals surface area contributed by atoms with Crippen molar-refractivity contribution in [2.24, 2.45) is 7.05 Å². The summed E-state index contributed by atoms with van der Waals surface area (Å²) in [5.74, 6) is -0.441. The maximum atomic E-state index is 12.0. The smallest absolute Gasteiger partial charge is 0.287 e. The van der Waals surface area contributed by atoms with Gasteiger partial charge in [-0.2, -0.15) is 0 Å². The van der Waals surface area contributed by atoms with Crippen molar-refractivity contribution < 1.29 is 14.8 Å². The largest absolute Gasteiger partial charge is 0.394 e. The zero-order valence-electron chi connectivity index (χ0n) is 10.6. The third-order valence-electron chi connectivity index (χ3n) is 2.98. The number of aliphatic hydroxyl groups excluding tert-OH is 1. The summed E-state index contributed by atoms with van der Waals surface area (Å²) in [6.45, 7) is 3.36. The van der Waals surface area contributed by atoms with Crippen LogP contribution in [0, 0.1) is 10.1 Å². The van der Waals surface area contributed by atoms with Crippen LogP contribution in [0.4, 0.5) is 5.69 Å². The summed E-state index contributed by atoms with van der Waals surface area (Å²) in [5, 5.41) is 22.5. The van der Waals surface area contributed by atoms with Crippen molar-refractivity contribution in [1.82, 2.24) is 9.88 Å². The van der Waals surface area contributed by atoms with Crippen LogP contribution < -0.4 is 5.32 Å². The third-order valence-corrected chi connectivity index (χ3v) is 2.98. The number of aromatic nitrogens is 1. The number of amides is 1. The minimum atomic E-state index is -0.726. The summed E-state index contributed by atoms with van der Waals surface area (Å²) < 4.78 is 1.39. The molecule has 0 bridgehead atoms. The van der Waals surface area contributed by atoms with Crippen LogP contribution in [-0.4, -0.2) is 32.6 Å². The first kappa shape index (κ1) is 14.2. The zero-order chi connectivity index (χ0) is 13.9. The molecule has 7 heteroatoms. The van der Waals surface area contributed by atoms with E-state index in [1.54, 1.807) is 14.0 Å². The van der Waals surface area contributed by atoms with Crippen LogP contribution in [0.1, 0.15) is 30.8 Å². The molecule has 0 aliphatic rings. The predicted octanol–water partition coefficient (Wildman–Crippen LogP) is 0.824. The molecule has 1 aromatic heterocycles. The highest BCUT2D eigenvalue weighted by Crippen LogP contribution is 2.16. The number of nitrogens with one attached hydrogen (secondary N) is 1. The number of carbonyl (C=O) groups is 1. The molecule has 1 rings (SSSR count). The zero-order valence-corrected chi connectivity index (χ0v) is 10.6. The van der Waals surface area contributed by atoms with E-state index in [1.807, 2.05) is 6.92 Å². The van der Waals surface area contributed by atoms with Gasteiger partial charge in [-0.25, -0.2) is 0 Å². The number of carbonyl (C=O) groups excluding carboxylic acids is 1. The molecular formula is C11H17N3O4. The normalized spacial score (nSPS) is 14.0. The van der Waals surface area contributed by atoms with Crippen molar-refractivity contribution in [1.29, 1.82) is 0 Å². The Balaban J connectivity index is 2.94. The van der Waals surface area contributed by atoms with Crippen LogP contribution in [-0.2, 0) is 7.05 Å². The van der Waals surface area contributed by atoms with Crippen LogP contribution in [0.2, 0.25) is 0 Å². The van der Waals surface area contributed by atoms with Gasteiger partial charge < -0.3 is 15.0 Å². The molecule has 0 aliphatic carbocycles. The van der Waals surface area contributed by atoms with Crippen molar-refractivity contribution in [3.05, 3.63) is 28.1 Å². The lowest BCUT2D eigenvalue weighted by Crippen LogP contribution is -2.48. The van der Waals surface area contributed by atoms with Gasteiger partial charge >= 0.3 is 0 Å². The standard InChI is InChI=1S/C11H17N3O4/c1-4-11(2,7-15)12-10(16)9-5-8(14(17)18)6-13(9)3/h5-6,15H,4,7H2,1-3H3,(H,12,16). The Morgan fingerprint density at radius 1 is 1.67 bits per heavy atom. The van der Waals surface area contributed by atoms with Gasteiger partial charge in [0, 0.05) is 13.1 Å². The topological polar surface area (TPSA) is 97.4 Å². The Morgan fingerprint density at radius 2 is 2.28 bits per heavy atom. The average molecular weight is 255 g/mol. The molecule has 0 fully saturated rings. The SMILES string of the molecule is CCC(C)(CO)NC(=O)c1cc([N+](=O)[O-])cn1C. The Hall–Kier alpha value is -1.89. The number of aliphatic hydroxyl groups is 1. The van der Waals surface area contributed by atoms with Crippen LogP contribution in [0.5, 0.6) is 0 Å². The lowest BCUT2D eigenvalue weighted by atomic mass is 10.00. The molecule has 1 unspecified atom stereocenters. The lowest BCUT2D eigenvalue weighted by Gasteiger charge is -2.27. The van der Waals surface area contributed by atoms with E-state index in [2.05, 4.69) is 5.32 Å². The number of aryl methyl sites for hydroxylation is 1. The average Bonchev–Trinajstić information content (AvgIpc) is 2.71. The first-order valence-corrected chi connectivity index (χ1v) is 5.57. The van der Waals surface area contributed by atoms with Crippen molar-refractivity contribution in [2.45, 2.75) is 25.8 Å². The summed E-state index contributed by atoms with van der Waals surface area (Å²) >= 11 is 0. The molecule has 0 radical (unpaired) electrons. The summed E-state index contributed by atoms with van der Waals surface area (Å²) in [7, 11) is 1.56. The van der Waals surface area contributed by atoms with E-state index in [-0.39, 0.29) is 18.0 Å². The van der Waals surface area contributed by atoms with E-state index in [0.717, 1.165) is 0 Å². The molecule has 1 heterocycles. The maximum Gasteiger partial charge on any atom is 0.287 e. The Morgan fingerprint density at radius 3 is 2.67 bits per heavy atom. The fraction of sp³-hybridized carbons (Fsp3) is 0.545. The second kappa shape index (κ2) is 5.18. The maximum absolute atomic E-state index is 12.0. The van der Waals surface area contributed by atoms with Crippen LogP contribution in [0.15, 0.2) is 12.3 Å². The molecular weight excluding hydrogens is 238 g/mol. The Labute approximate surface area is 105 Å². The van der Waals surface area contributed by atoms with Crippen molar-refractivity contribution in [3.8, 4) is 0 Å². The van der Waals surface area contributed by atoms with Crippen molar-refractivity contribution in [2.75, 3.05) is 6.61 Å². The molecule has 0 aliphatic heterocycles. The van der Waals surface area contributed by atoms with E-state index >= 15 is 0 Å². The molecule has 1 atom stereocenters. The third kappa shape index (κ3) is 2.86.